The van der Waals surface area contributed by atoms with Gasteiger partial charge in [0.05, 0.1) is 7.11 Å². The van der Waals surface area contributed by atoms with Crippen LogP contribution in [0.1, 0.15) is 11.1 Å². The number of benzene rings is 2. The van der Waals surface area contributed by atoms with Gasteiger partial charge in [-0.25, -0.2) is 0 Å². The number of methoxy groups -OCH3 is 1. The van der Waals surface area contributed by atoms with E-state index in [-0.39, 0.29) is 0 Å². The summed E-state index contributed by atoms with van der Waals surface area (Å²) in [6.07, 6.45) is 1.41. The smallest absolute Gasteiger partial charge is 0.118 e. The third kappa shape index (κ3) is 4.31. The van der Waals surface area contributed by atoms with Crippen molar-refractivity contribution in [1.82, 2.24) is 4.90 Å². The van der Waals surface area contributed by atoms with E-state index in [1.165, 1.54) is 17.5 Å². The number of ether oxygens (including phenoxy) is 1. The Kier molecular flexibility index (Phi) is 5.56. The molecular weight excluding hydrogens is 312 g/mol. The van der Waals surface area contributed by atoms with Crippen LogP contribution in [0, 0.1) is 5.41 Å². The molecule has 3 rings (SSSR count). The molecule has 0 spiro atoms. The minimum absolute atomic E-state index is 0.719. The first-order chi connectivity index (χ1) is 12.2. The molecule has 0 radical (unpaired) electrons. The lowest BCUT2D eigenvalue weighted by Crippen LogP contribution is -2.44. The summed E-state index contributed by atoms with van der Waals surface area (Å²) in [4.78, 5) is 4.76. The second-order valence-corrected chi connectivity index (χ2v) is 6.41. The average molecular weight is 338 g/mol. The van der Waals surface area contributed by atoms with Gasteiger partial charge in [-0.15, -0.1) is 0 Å². The van der Waals surface area contributed by atoms with Crippen molar-refractivity contribution in [2.45, 2.75) is 6.54 Å². The van der Waals surface area contributed by atoms with Gasteiger partial charge in [-0.3, -0.25) is 0 Å². The molecule has 1 heterocycles. The van der Waals surface area contributed by atoms with Crippen LogP contribution in [0.5, 0.6) is 5.75 Å². The van der Waals surface area contributed by atoms with Crippen LogP contribution < -0.4 is 15.0 Å². The second kappa shape index (κ2) is 8.03. The highest BCUT2D eigenvalue weighted by Gasteiger charge is 2.15. The van der Waals surface area contributed by atoms with Crippen molar-refractivity contribution in [1.29, 1.82) is 5.41 Å². The van der Waals surface area contributed by atoms with Crippen molar-refractivity contribution in [3.8, 4) is 5.75 Å². The fourth-order valence-corrected chi connectivity index (χ4v) is 3.03. The van der Waals surface area contributed by atoms with E-state index in [1.54, 1.807) is 7.11 Å². The Bertz CT molecular complexity index is 706. The second-order valence-electron chi connectivity index (χ2n) is 6.41. The number of hydrogen-bond donors (Lipinski definition) is 2. The summed E-state index contributed by atoms with van der Waals surface area (Å²) < 4.78 is 5.20. The molecule has 0 unspecified atom stereocenters. The molecule has 0 aliphatic carbocycles. The van der Waals surface area contributed by atoms with Crippen molar-refractivity contribution in [2.75, 3.05) is 50.6 Å². The maximum absolute atomic E-state index is 7.66. The zero-order valence-corrected chi connectivity index (χ0v) is 15.0. The highest BCUT2D eigenvalue weighted by atomic mass is 16.5. The van der Waals surface area contributed by atoms with Gasteiger partial charge in [0.1, 0.15) is 5.75 Å². The Labute approximate surface area is 149 Å². The Morgan fingerprint density at radius 1 is 1.08 bits per heavy atom. The quantitative estimate of drug-likeness (QED) is 0.795. The van der Waals surface area contributed by atoms with Gasteiger partial charge < -0.3 is 25.3 Å². The monoisotopic (exact) mass is 338 g/mol. The first-order valence-corrected chi connectivity index (χ1v) is 8.64. The van der Waals surface area contributed by atoms with Crippen LogP contribution in [0.25, 0.3) is 0 Å². The fraction of sp³-hybridized carbons (Fsp3) is 0.350. The van der Waals surface area contributed by atoms with E-state index in [4.69, 9.17) is 10.1 Å². The molecule has 2 aromatic carbocycles. The molecule has 1 aliphatic heterocycles. The van der Waals surface area contributed by atoms with Gasteiger partial charge in [-0.1, -0.05) is 12.1 Å². The Morgan fingerprint density at radius 2 is 1.80 bits per heavy atom. The molecule has 1 fully saturated rings. The van der Waals surface area contributed by atoms with Crippen molar-refractivity contribution in [3.63, 3.8) is 0 Å². The van der Waals surface area contributed by atoms with Crippen molar-refractivity contribution >= 4 is 17.6 Å². The number of piperazine rings is 1. The van der Waals surface area contributed by atoms with Crippen molar-refractivity contribution in [2.24, 2.45) is 0 Å². The minimum Gasteiger partial charge on any atom is -0.497 e. The van der Waals surface area contributed by atoms with Crippen LogP contribution in [-0.2, 0) is 6.54 Å². The van der Waals surface area contributed by atoms with Crippen LogP contribution in [0.15, 0.2) is 42.5 Å². The summed E-state index contributed by atoms with van der Waals surface area (Å²) in [5, 5.41) is 11.1. The molecule has 25 heavy (non-hydrogen) atoms. The predicted octanol–water partition coefficient (Wildman–Crippen LogP) is 3.06. The Balaban J connectivity index is 1.72. The third-order valence-corrected chi connectivity index (χ3v) is 4.70. The van der Waals surface area contributed by atoms with E-state index >= 15 is 0 Å². The molecular formula is C20H26N4O. The zero-order valence-electron chi connectivity index (χ0n) is 15.0. The number of nitrogens with zero attached hydrogens (tertiary/aromatic N) is 2. The van der Waals surface area contributed by atoms with E-state index < -0.39 is 0 Å². The predicted molar refractivity (Wildman–Crippen MR) is 104 cm³/mol. The average Bonchev–Trinajstić information content (AvgIpc) is 2.67. The summed E-state index contributed by atoms with van der Waals surface area (Å²) in [7, 11) is 3.84. The molecule has 132 valence electrons. The maximum atomic E-state index is 7.66. The lowest BCUT2D eigenvalue weighted by Gasteiger charge is -2.34. The van der Waals surface area contributed by atoms with Crippen molar-refractivity contribution in [3.05, 3.63) is 53.6 Å². The van der Waals surface area contributed by atoms with Gasteiger partial charge in [-0.05, 0) is 42.9 Å². The van der Waals surface area contributed by atoms with Gasteiger partial charge in [0.25, 0.3) is 0 Å². The van der Waals surface area contributed by atoms with Crippen molar-refractivity contribution < 1.29 is 4.74 Å². The van der Waals surface area contributed by atoms with Crippen LogP contribution in [0.2, 0.25) is 0 Å². The molecule has 0 aromatic heterocycles. The molecule has 2 aromatic rings. The third-order valence-electron chi connectivity index (χ3n) is 4.70. The van der Waals surface area contributed by atoms with E-state index in [0.717, 1.165) is 49.7 Å². The van der Waals surface area contributed by atoms with E-state index in [2.05, 4.69) is 46.4 Å². The summed E-state index contributed by atoms with van der Waals surface area (Å²) in [5.74, 6) is 0.862. The number of hydrogen-bond acceptors (Lipinski definition) is 5. The van der Waals surface area contributed by atoms with Crippen LogP contribution in [0.3, 0.4) is 0 Å². The van der Waals surface area contributed by atoms with Gasteiger partial charge >= 0.3 is 0 Å². The maximum Gasteiger partial charge on any atom is 0.118 e. The number of nitrogens with one attached hydrogen (secondary N) is 2. The van der Waals surface area contributed by atoms with Crippen LogP contribution in [0.4, 0.5) is 11.4 Å². The van der Waals surface area contributed by atoms with Gasteiger partial charge in [0.2, 0.25) is 0 Å². The Hall–Kier alpha value is -2.53. The molecule has 0 atom stereocenters. The topological polar surface area (TPSA) is 51.6 Å². The molecule has 2 N–H and O–H groups in total. The highest BCUT2D eigenvalue weighted by molar-refractivity contribution is 5.87. The van der Waals surface area contributed by atoms with Gasteiger partial charge in [-0.2, -0.15) is 0 Å². The molecule has 0 saturated carbocycles. The number of rotatable bonds is 6. The summed E-state index contributed by atoms with van der Waals surface area (Å²) >= 11 is 0. The molecule has 0 bridgehead atoms. The SMILES string of the molecule is COc1ccc(CNc2cc(N3CCN(C)CC3)ccc2C=N)cc1. The van der Waals surface area contributed by atoms with Gasteiger partial charge in [0.15, 0.2) is 0 Å². The van der Waals surface area contributed by atoms with Gasteiger partial charge in [0, 0.05) is 55.9 Å². The highest BCUT2D eigenvalue weighted by Crippen LogP contribution is 2.24. The molecule has 1 saturated heterocycles. The normalized spacial score (nSPS) is 15.0. The lowest BCUT2D eigenvalue weighted by molar-refractivity contribution is 0.313. The minimum atomic E-state index is 0.719. The summed E-state index contributed by atoms with van der Waals surface area (Å²) in [5.41, 5.74) is 4.31. The Morgan fingerprint density at radius 3 is 2.44 bits per heavy atom. The number of likely N-dealkylation sites (N-methyl/N-ethyl adjacent to an activating group) is 1. The van der Waals surface area contributed by atoms with E-state index in [1.807, 2.05) is 18.2 Å². The molecule has 1 aliphatic rings. The van der Waals surface area contributed by atoms with Crippen LogP contribution >= 0.6 is 0 Å². The van der Waals surface area contributed by atoms with E-state index in [9.17, 15) is 0 Å². The molecule has 0 amide bonds. The first-order valence-electron chi connectivity index (χ1n) is 8.64. The zero-order chi connectivity index (χ0) is 17.6. The van der Waals surface area contributed by atoms with Crippen LogP contribution in [-0.4, -0.2) is 51.5 Å². The largest absolute Gasteiger partial charge is 0.497 e. The fourth-order valence-electron chi connectivity index (χ4n) is 3.03. The first kappa shape index (κ1) is 17.3. The summed E-state index contributed by atoms with van der Waals surface area (Å²) in [6.45, 7) is 4.97. The molecule has 5 heteroatoms. The standard InChI is InChI=1S/C20H26N4O/c1-23-9-11-24(12-10-23)18-6-5-17(14-21)20(13-18)22-15-16-3-7-19(25-2)8-4-16/h3-8,13-14,21-22H,9-12,15H2,1-2H3. The lowest BCUT2D eigenvalue weighted by atomic mass is 10.1. The van der Waals surface area contributed by atoms with E-state index in [0.29, 0.717) is 0 Å². The summed E-state index contributed by atoms with van der Waals surface area (Å²) in [6, 6.07) is 14.3. The molecule has 5 nitrogen and oxygen atoms in total. The number of anilines is 2.